The topological polar surface area (TPSA) is 61.9 Å². The average Bonchev–Trinajstić information content (AvgIpc) is 2.84. The van der Waals surface area contributed by atoms with Gasteiger partial charge in [-0.05, 0) is 55.8 Å². The van der Waals surface area contributed by atoms with Gasteiger partial charge >= 0.3 is 0 Å². The zero-order valence-electron chi connectivity index (χ0n) is 21.9. The van der Waals surface area contributed by atoms with E-state index in [1.165, 1.54) is 0 Å². The van der Waals surface area contributed by atoms with Gasteiger partial charge in [0.25, 0.3) is 0 Å². The van der Waals surface area contributed by atoms with Crippen molar-refractivity contribution in [3.63, 3.8) is 0 Å². The molecule has 2 rings (SSSR count). The molecule has 0 amide bonds. The second-order valence-corrected chi connectivity index (χ2v) is 10.8. The smallest absolute Gasteiger partial charge is 0.244 e. The fraction of sp³-hybridized carbons (Fsp3) is 0.556. The Hall–Kier alpha value is -1.80. The number of nitrogens with zero attached hydrogens (tertiary/aromatic N) is 2. The number of unbranched alkanes of at least 4 members (excludes halogenated alkanes) is 2. The number of rotatable bonds is 16. The predicted octanol–water partition coefficient (Wildman–Crippen LogP) is 6.68. The van der Waals surface area contributed by atoms with Crippen molar-refractivity contribution in [1.82, 2.24) is 9.62 Å². The summed E-state index contributed by atoms with van der Waals surface area (Å²) in [5.41, 5.74) is 1.75. The molecule has 0 fully saturated rings. The van der Waals surface area contributed by atoms with Gasteiger partial charge in [0.2, 0.25) is 10.0 Å². The van der Waals surface area contributed by atoms with Gasteiger partial charge in [-0.1, -0.05) is 71.2 Å². The van der Waals surface area contributed by atoms with E-state index in [1.807, 2.05) is 12.1 Å². The van der Waals surface area contributed by atoms with E-state index in [-0.39, 0.29) is 4.90 Å². The molecule has 0 aliphatic carbocycles. The molecule has 6 nitrogen and oxygen atoms in total. The lowest BCUT2D eigenvalue weighted by Gasteiger charge is -2.29. The Morgan fingerprint density at radius 1 is 0.943 bits per heavy atom. The summed E-state index contributed by atoms with van der Waals surface area (Å²) in [4.78, 5) is 4.70. The van der Waals surface area contributed by atoms with E-state index < -0.39 is 10.0 Å². The van der Waals surface area contributed by atoms with Gasteiger partial charge in [0, 0.05) is 26.2 Å². The van der Waals surface area contributed by atoms with Crippen LogP contribution in [-0.4, -0.2) is 46.0 Å². The molecule has 0 saturated heterocycles. The molecule has 0 unspecified atom stereocenters. The Kier molecular flexibility index (Phi) is 12.3. The lowest BCUT2D eigenvalue weighted by atomic mass is 10.1. The van der Waals surface area contributed by atoms with Crippen molar-refractivity contribution < 1.29 is 13.2 Å². The normalized spacial score (nSPS) is 11.7. The van der Waals surface area contributed by atoms with Gasteiger partial charge < -0.3 is 9.64 Å². The van der Waals surface area contributed by atoms with E-state index in [2.05, 4.69) is 48.3 Å². The van der Waals surface area contributed by atoms with Crippen molar-refractivity contribution in [3.8, 4) is 11.5 Å². The number of para-hydroxylation sites is 1. The summed E-state index contributed by atoms with van der Waals surface area (Å²) < 4.78 is 35.9. The van der Waals surface area contributed by atoms with Crippen LogP contribution in [0, 0.1) is 0 Å². The van der Waals surface area contributed by atoms with E-state index in [9.17, 15) is 8.42 Å². The van der Waals surface area contributed by atoms with Crippen LogP contribution in [0.3, 0.4) is 0 Å². The maximum atomic E-state index is 13.5. The molecular weight excluding hydrogens is 482 g/mol. The number of anilines is 1. The van der Waals surface area contributed by atoms with Crippen LogP contribution in [0.15, 0.2) is 41.3 Å². The lowest BCUT2D eigenvalue weighted by molar-refractivity contribution is 0.295. The second-order valence-electron chi connectivity index (χ2n) is 8.63. The van der Waals surface area contributed by atoms with Crippen molar-refractivity contribution in [2.75, 3.05) is 37.6 Å². The standard InChI is InChI=1S/C27H42ClN3O3S/c1-6-11-17-31(18-12-7-2)24-19-22(21-30(9-4)10-5)20-26(35(32,33)29-8-3)27(24)34-25-16-14-13-15-23(25)28/h13-16,19-20,29H,6-12,17-18,21H2,1-5H3. The minimum Gasteiger partial charge on any atom is -0.452 e. The molecule has 8 heteroatoms. The third-order valence-corrected chi connectivity index (χ3v) is 7.84. The van der Waals surface area contributed by atoms with Crippen molar-refractivity contribution in [2.24, 2.45) is 0 Å². The van der Waals surface area contributed by atoms with Crippen LogP contribution in [0.4, 0.5) is 5.69 Å². The van der Waals surface area contributed by atoms with Gasteiger partial charge in [-0.3, -0.25) is 4.90 Å². The third kappa shape index (κ3) is 8.38. The molecule has 0 aliphatic rings. The van der Waals surface area contributed by atoms with Gasteiger partial charge in [0.1, 0.15) is 10.6 Å². The molecule has 1 N–H and O–H groups in total. The summed E-state index contributed by atoms with van der Waals surface area (Å²) in [6, 6.07) is 11.0. The van der Waals surface area contributed by atoms with Crippen molar-refractivity contribution >= 4 is 27.3 Å². The van der Waals surface area contributed by atoms with Crippen LogP contribution in [0.25, 0.3) is 0 Å². The monoisotopic (exact) mass is 523 g/mol. The van der Waals surface area contributed by atoms with Crippen LogP contribution in [-0.2, 0) is 16.6 Å². The highest BCUT2D eigenvalue weighted by molar-refractivity contribution is 7.89. The molecule has 2 aromatic carbocycles. The van der Waals surface area contributed by atoms with Crippen LogP contribution in [0.5, 0.6) is 11.5 Å². The zero-order chi connectivity index (χ0) is 25.8. The highest BCUT2D eigenvalue weighted by atomic mass is 35.5. The SMILES string of the molecule is CCCCN(CCCC)c1cc(CN(CC)CC)cc(S(=O)(=O)NCC)c1Oc1ccccc1Cl. The van der Waals surface area contributed by atoms with E-state index >= 15 is 0 Å². The maximum Gasteiger partial charge on any atom is 0.244 e. The quantitative estimate of drug-likeness (QED) is 0.266. The van der Waals surface area contributed by atoms with Gasteiger partial charge in [0.05, 0.1) is 10.7 Å². The number of halogens is 1. The van der Waals surface area contributed by atoms with Gasteiger partial charge in [0.15, 0.2) is 5.75 Å². The first kappa shape index (κ1) is 29.4. The number of sulfonamides is 1. The summed E-state index contributed by atoms with van der Waals surface area (Å²) in [6.07, 6.45) is 4.10. The maximum absolute atomic E-state index is 13.5. The van der Waals surface area contributed by atoms with E-state index in [4.69, 9.17) is 16.3 Å². The van der Waals surface area contributed by atoms with E-state index in [0.717, 1.165) is 63.1 Å². The molecular formula is C27H42ClN3O3S. The Morgan fingerprint density at radius 2 is 1.57 bits per heavy atom. The number of ether oxygens (including phenoxy) is 1. The summed E-state index contributed by atoms with van der Waals surface area (Å²) >= 11 is 6.43. The number of hydrogen-bond acceptors (Lipinski definition) is 5. The predicted molar refractivity (Wildman–Crippen MR) is 147 cm³/mol. The fourth-order valence-electron chi connectivity index (χ4n) is 3.93. The van der Waals surface area contributed by atoms with Crippen molar-refractivity contribution in [1.29, 1.82) is 0 Å². The van der Waals surface area contributed by atoms with Crippen molar-refractivity contribution in [3.05, 3.63) is 47.0 Å². The molecule has 0 saturated carbocycles. The number of nitrogens with one attached hydrogen (secondary N) is 1. The van der Waals surface area contributed by atoms with Crippen LogP contribution in [0.1, 0.15) is 65.9 Å². The van der Waals surface area contributed by atoms with Crippen LogP contribution < -0.4 is 14.4 Å². The molecule has 0 radical (unpaired) electrons. The minimum absolute atomic E-state index is 0.150. The molecule has 0 aromatic heterocycles. The zero-order valence-corrected chi connectivity index (χ0v) is 23.5. The van der Waals surface area contributed by atoms with Crippen LogP contribution in [0.2, 0.25) is 5.02 Å². The van der Waals surface area contributed by atoms with Gasteiger partial charge in [-0.15, -0.1) is 0 Å². The average molecular weight is 524 g/mol. The minimum atomic E-state index is -3.81. The Morgan fingerprint density at radius 3 is 2.11 bits per heavy atom. The lowest BCUT2D eigenvalue weighted by Crippen LogP contribution is -2.29. The van der Waals surface area contributed by atoms with Crippen molar-refractivity contribution in [2.45, 2.75) is 71.7 Å². The first-order valence-electron chi connectivity index (χ1n) is 12.9. The summed E-state index contributed by atoms with van der Waals surface area (Å²) in [7, 11) is -3.81. The number of hydrogen-bond donors (Lipinski definition) is 1. The molecule has 0 atom stereocenters. The Balaban J connectivity index is 2.80. The number of benzene rings is 2. The first-order chi connectivity index (χ1) is 16.8. The third-order valence-electron chi connectivity index (χ3n) is 5.97. The second kappa shape index (κ2) is 14.7. The van der Waals surface area contributed by atoms with Crippen LogP contribution >= 0.6 is 11.6 Å². The molecule has 0 heterocycles. The first-order valence-corrected chi connectivity index (χ1v) is 14.7. The molecule has 35 heavy (non-hydrogen) atoms. The Bertz CT molecular complexity index is 1020. The summed E-state index contributed by atoms with van der Waals surface area (Å²) in [6.45, 7) is 14.7. The van der Waals surface area contributed by atoms with E-state index in [0.29, 0.717) is 29.6 Å². The highest BCUT2D eigenvalue weighted by Crippen LogP contribution is 2.42. The van der Waals surface area contributed by atoms with Gasteiger partial charge in [-0.2, -0.15) is 0 Å². The fourth-order valence-corrected chi connectivity index (χ4v) is 5.34. The highest BCUT2D eigenvalue weighted by Gasteiger charge is 2.27. The summed E-state index contributed by atoms with van der Waals surface area (Å²) in [5.74, 6) is 0.764. The van der Waals surface area contributed by atoms with Gasteiger partial charge in [-0.25, -0.2) is 13.1 Å². The molecule has 2 aromatic rings. The Labute approximate surface area is 217 Å². The molecule has 0 bridgehead atoms. The molecule has 196 valence electrons. The summed E-state index contributed by atoms with van der Waals surface area (Å²) in [5, 5.41) is 0.436. The molecule has 0 aliphatic heterocycles. The largest absolute Gasteiger partial charge is 0.452 e. The van der Waals surface area contributed by atoms with E-state index in [1.54, 1.807) is 25.1 Å². The molecule has 0 spiro atoms.